The van der Waals surface area contributed by atoms with Crippen molar-refractivity contribution in [3.63, 3.8) is 0 Å². The van der Waals surface area contributed by atoms with Gasteiger partial charge < -0.3 is 4.90 Å². The van der Waals surface area contributed by atoms with Crippen LogP contribution < -0.4 is 0 Å². The van der Waals surface area contributed by atoms with Crippen molar-refractivity contribution in [2.45, 2.75) is 44.4 Å². The number of amides is 1. The summed E-state index contributed by atoms with van der Waals surface area (Å²) < 4.78 is 55.1. The highest BCUT2D eigenvalue weighted by atomic mass is 79.9. The Labute approximate surface area is 196 Å². The van der Waals surface area contributed by atoms with E-state index in [0.29, 0.717) is 49.0 Å². The summed E-state index contributed by atoms with van der Waals surface area (Å²) in [5, 5.41) is 4.13. The van der Waals surface area contributed by atoms with Gasteiger partial charge in [-0.25, -0.2) is 4.39 Å². The van der Waals surface area contributed by atoms with E-state index < -0.39 is 11.9 Å². The second-order valence-corrected chi connectivity index (χ2v) is 9.35. The summed E-state index contributed by atoms with van der Waals surface area (Å²) in [4.78, 5) is 16.4. The Morgan fingerprint density at radius 1 is 1.19 bits per heavy atom. The van der Waals surface area contributed by atoms with Gasteiger partial charge >= 0.3 is 6.18 Å². The number of piperazine rings is 1. The SMILES string of the molecule is O=C(CCn1nc(C(F)(F)F)c(Br)c1C1CC1)N1CCN(Cc2c(F)cccc2Cl)CC1. The average molecular weight is 538 g/mol. The Bertz CT molecular complexity index is 980. The van der Waals surface area contributed by atoms with Crippen molar-refractivity contribution >= 4 is 33.4 Å². The standard InChI is InChI=1S/C21H22BrClF4N4O/c22-18-19(13-4-5-13)31(28-20(18)21(25,26)27)7-6-17(32)30-10-8-29(9-11-30)12-14-15(23)2-1-3-16(14)24/h1-3,13H,4-12H2. The minimum absolute atomic E-state index is 0.0135. The Balaban J connectivity index is 1.33. The maximum absolute atomic E-state index is 14.0. The molecule has 1 aliphatic carbocycles. The topological polar surface area (TPSA) is 41.4 Å². The zero-order valence-electron chi connectivity index (χ0n) is 17.1. The fourth-order valence-corrected chi connectivity index (χ4v) is 5.03. The van der Waals surface area contributed by atoms with Gasteiger partial charge in [0, 0.05) is 55.6 Å². The summed E-state index contributed by atoms with van der Waals surface area (Å²) in [5.74, 6) is -0.432. The van der Waals surface area contributed by atoms with Gasteiger partial charge in [-0.2, -0.15) is 18.3 Å². The number of alkyl halides is 3. The van der Waals surface area contributed by atoms with Crippen LogP contribution in [-0.4, -0.2) is 51.7 Å². The molecular weight excluding hydrogens is 516 g/mol. The monoisotopic (exact) mass is 536 g/mol. The highest BCUT2D eigenvalue weighted by Gasteiger charge is 2.41. The van der Waals surface area contributed by atoms with Crippen LogP contribution in [0.2, 0.25) is 5.02 Å². The molecule has 0 atom stereocenters. The molecule has 1 amide bonds. The molecule has 174 valence electrons. The molecule has 2 aliphatic rings. The van der Waals surface area contributed by atoms with E-state index in [1.165, 1.54) is 10.7 Å². The van der Waals surface area contributed by atoms with Crippen molar-refractivity contribution in [2.75, 3.05) is 26.2 Å². The third kappa shape index (κ3) is 5.12. The van der Waals surface area contributed by atoms with Gasteiger partial charge in [0.15, 0.2) is 5.69 Å². The second-order valence-electron chi connectivity index (χ2n) is 8.15. The van der Waals surface area contributed by atoms with E-state index in [1.54, 1.807) is 17.0 Å². The molecule has 0 spiro atoms. The lowest BCUT2D eigenvalue weighted by molar-refractivity contribution is -0.142. The van der Waals surface area contributed by atoms with Crippen LogP contribution in [-0.2, 0) is 24.1 Å². The van der Waals surface area contributed by atoms with Crippen molar-refractivity contribution in [1.82, 2.24) is 19.6 Å². The largest absolute Gasteiger partial charge is 0.436 e. The zero-order chi connectivity index (χ0) is 23.0. The van der Waals surface area contributed by atoms with Gasteiger partial charge in [0.25, 0.3) is 0 Å². The molecule has 2 heterocycles. The molecule has 1 aromatic heterocycles. The normalized spacial score (nSPS) is 17.8. The number of aryl methyl sites for hydroxylation is 1. The average Bonchev–Trinajstić information content (AvgIpc) is 3.51. The number of carbonyl (C=O) groups excluding carboxylic acids is 1. The number of halogens is 6. The quantitative estimate of drug-likeness (QED) is 0.483. The summed E-state index contributed by atoms with van der Waals surface area (Å²) in [6, 6.07) is 4.57. The molecule has 0 N–H and O–H groups in total. The van der Waals surface area contributed by atoms with E-state index in [2.05, 4.69) is 21.0 Å². The molecule has 5 nitrogen and oxygen atoms in total. The molecule has 2 fully saturated rings. The minimum Gasteiger partial charge on any atom is -0.340 e. The third-order valence-electron chi connectivity index (χ3n) is 5.87. The number of rotatable bonds is 6. The maximum atomic E-state index is 14.0. The first-order valence-corrected chi connectivity index (χ1v) is 11.6. The van der Waals surface area contributed by atoms with E-state index in [9.17, 15) is 22.4 Å². The summed E-state index contributed by atoms with van der Waals surface area (Å²) in [7, 11) is 0. The van der Waals surface area contributed by atoms with E-state index in [1.807, 2.05) is 4.90 Å². The molecule has 1 saturated carbocycles. The third-order valence-corrected chi connectivity index (χ3v) is 7.01. The Morgan fingerprint density at radius 3 is 2.47 bits per heavy atom. The predicted octanol–water partition coefficient (Wildman–Crippen LogP) is 5.07. The number of hydrogen-bond acceptors (Lipinski definition) is 3. The van der Waals surface area contributed by atoms with Crippen LogP contribution in [0, 0.1) is 5.82 Å². The second kappa shape index (κ2) is 9.30. The van der Waals surface area contributed by atoms with Crippen molar-refractivity contribution in [3.8, 4) is 0 Å². The van der Waals surface area contributed by atoms with Crippen molar-refractivity contribution < 1.29 is 22.4 Å². The van der Waals surface area contributed by atoms with Crippen LogP contribution in [0.5, 0.6) is 0 Å². The molecule has 0 unspecified atom stereocenters. The van der Waals surface area contributed by atoms with E-state index in [4.69, 9.17) is 11.6 Å². The number of nitrogens with zero attached hydrogens (tertiary/aromatic N) is 4. The fourth-order valence-electron chi connectivity index (χ4n) is 3.97. The van der Waals surface area contributed by atoms with E-state index in [0.717, 1.165) is 12.8 Å². The number of aromatic nitrogens is 2. The van der Waals surface area contributed by atoms with Gasteiger partial charge in [0.1, 0.15) is 5.82 Å². The Morgan fingerprint density at radius 2 is 1.88 bits per heavy atom. The molecule has 1 aliphatic heterocycles. The lowest BCUT2D eigenvalue weighted by Crippen LogP contribution is -2.48. The van der Waals surface area contributed by atoms with Crippen molar-refractivity contribution in [3.05, 3.63) is 50.5 Å². The van der Waals surface area contributed by atoms with Crippen LogP contribution in [0.25, 0.3) is 0 Å². The molecule has 4 rings (SSSR count). The molecule has 2 aromatic rings. The molecule has 11 heteroatoms. The van der Waals surface area contributed by atoms with Crippen LogP contribution >= 0.6 is 27.5 Å². The van der Waals surface area contributed by atoms with Crippen LogP contribution in [0.3, 0.4) is 0 Å². The van der Waals surface area contributed by atoms with Crippen LogP contribution in [0.15, 0.2) is 22.7 Å². The fraction of sp³-hybridized carbons (Fsp3) is 0.524. The van der Waals surface area contributed by atoms with Gasteiger partial charge in [0.05, 0.1) is 16.7 Å². The predicted molar refractivity (Wildman–Crippen MR) is 115 cm³/mol. The zero-order valence-corrected chi connectivity index (χ0v) is 19.5. The first kappa shape index (κ1) is 23.5. The summed E-state index contributed by atoms with van der Waals surface area (Å²) in [6.07, 6.45) is -2.83. The van der Waals surface area contributed by atoms with Crippen LogP contribution in [0.4, 0.5) is 17.6 Å². The van der Waals surface area contributed by atoms with Gasteiger partial charge in [-0.05, 0) is 40.9 Å². The Hall–Kier alpha value is -1.65. The smallest absolute Gasteiger partial charge is 0.340 e. The number of benzene rings is 1. The van der Waals surface area contributed by atoms with Crippen LogP contribution in [0.1, 0.15) is 42.1 Å². The summed E-state index contributed by atoms with van der Waals surface area (Å²) in [5.41, 5.74) is 0.0234. The summed E-state index contributed by atoms with van der Waals surface area (Å²) in [6.45, 7) is 2.53. The minimum atomic E-state index is -4.55. The first-order valence-electron chi connectivity index (χ1n) is 10.4. The first-order chi connectivity index (χ1) is 15.1. The molecule has 1 saturated heterocycles. The highest BCUT2D eigenvalue weighted by Crippen LogP contribution is 2.47. The molecule has 1 aromatic carbocycles. The molecular formula is C21H22BrClF4N4O. The van der Waals surface area contributed by atoms with Gasteiger partial charge in [0.2, 0.25) is 5.91 Å². The lowest BCUT2D eigenvalue weighted by atomic mass is 10.1. The summed E-state index contributed by atoms with van der Waals surface area (Å²) >= 11 is 9.16. The van der Waals surface area contributed by atoms with Gasteiger partial charge in [-0.1, -0.05) is 17.7 Å². The Kier molecular flexibility index (Phi) is 6.84. The maximum Gasteiger partial charge on any atom is 0.436 e. The van der Waals surface area contributed by atoms with Crippen molar-refractivity contribution in [2.24, 2.45) is 0 Å². The van der Waals surface area contributed by atoms with E-state index in [-0.39, 0.29) is 35.1 Å². The van der Waals surface area contributed by atoms with Crippen molar-refractivity contribution in [1.29, 1.82) is 0 Å². The molecule has 32 heavy (non-hydrogen) atoms. The van der Waals surface area contributed by atoms with Gasteiger partial charge in [-0.3, -0.25) is 14.4 Å². The molecule has 0 radical (unpaired) electrons. The lowest BCUT2D eigenvalue weighted by Gasteiger charge is -2.35. The van der Waals surface area contributed by atoms with Gasteiger partial charge in [-0.15, -0.1) is 0 Å². The highest BCUT2D eigenvalue weighted by molar-refractivity contribution is 9.10. The number of hydrogen-bond donors (Lipinski definition) is 0. The van der Waals surface area contributed by atoms with E-state index >= 15 is 0 Å². The molecule has 0 bridgehead atoms. The number of carbonyl (C=O) groups is 1.